The number of nitrogens with one attached hydrogen (secondary N) is 1. The van der Waals surface area contributed by atoms with Crippen LogP contribution < -0.4 is 14.3 Å². The molecular formula is C16H18N2O4S. The van der Waals surface area contributed by atoms with E-state index in [0.717, 1.165) is 5.56 Å². The molecule has 0 aliphatic heterocycles. The third-order valence-corrected chi connectivity index (χ3v) is 4.36. The van der Waals surface area contributed by atoms with Crippen molar-refractivity contribution in [1.29, 1.82) is 0 Å². The van der Waals surface area contributed by atoms with E-state index in [9.17, 15) is 8.42 Å². The highest BCUT2D eigenvalue weighted by Gasteiger charge is 2.11. The summed E-state index contributed by atoms with van der Waals surface area (Å²) in [5.41, 5.74) is 1.66. The Morgan fingerprint density at radius 1 is 1.00 bits per heavy atom. The Hall–Kier alpha value is -2.54. The van der Waals surface area contributed by atoms with E-state index in [-0.39, 0.29) is 4.90 Å². The van der Waals surface area contributed by atoms with Crippen molar-refractivity contribution in [2.45, 2.75) is 11.8 Å². The van der Waals surface area contributed by atoms with Gasteiger partial charge in [0.2, 0.25) is 0 Å². The maximum Gasteiger partial charge on any atom is 0.276 e. The van der Waals surface area contributed by atoms with Crippen LogP contribution in [-0.2, 0) is 10.0 Å². The molecule has 0 radical (unpaired) electrons. The average Bonchev–Trinajstić information content (AvgIpc) is 2.55. The lowest BCUT2D eigenvalue weighted by molar-refractivity contribution is 0.355. The molecule has 1 N–H and O–H groups in total. The number of aryl methyl sites for hydroxylation is 1. The summed E-state index contributed by atoms with van der Waals surface area (Å²) >= 11 is 0. The highest BCUT2D eigenvalue weighted by Crippen LogP contribution is 2.26. The minimum absolute atomic E-state index is 0.160. The molecular weight excluding hydrogens is 316 g/mol. The molecule has 0 aromatic heterocycles. The third-order valence-electron chi connectivity index (χ3n) is 3.13. The lowest BCUT2D eigenvalue weighted by Gasteiger charge is -2.07. The van der Waals surface area contributed by atoms with Gasteiger partial charge in [-0.25, -0.2) is 4.83 Å². The molecule has 0 aliphatic carbocycles. The number of hydrazone groups is 1. The fourth-order valence-corrected chi connectivity index (χ4v) is 2.66. The van der Waals surface area contributed by atoms with Crippen molar-refractivity contribution < 1.29 is 17.9 Å². The van der Waals surface area contributed by atoms with E-state index in [2.05, 4.69) is 9.93 Å². The lowest BCUT2D eigenvalue weighted by atomic mass is 10.2. The molecule has 6 nitrogen and oxygen atoms in total. The zero-order valence-corrected chi connectivity index (χ0v) is 13.9. The first kappa shape index (κ1) is 16.8. The highest BCUT2D eigenvalue weighted by molar-refractivity contribution is 7.89. The predicted octanol–water partition coefficient (Wildman–Crippen LogP) is 2.32. The smallest absolute Gasteiger partial charge is 0.276 e. The Bertz CT molecular complexity index is 799. The second-order valence-electron chi connectivity index (χ2n) is 4.78. The van der Waals surface area contributed by atoms with Gasteiger partial charge < -0.3 is 9.47 Å². The third kappa shape index (κ3) is 4.23. The van der Waals surface area contributed by atoms with Gasteiger partial charge in [0.25, 0.3) is 10.0 Å². The lowest BCUT2D eigenvalue weighted by Crippen LogP contribution is -2.18. The van der Waals surface area contributed by atoms with Gasteiger partial charge in [-0.05, 0) is 42.8 Å². The van der Waals surface area contributed by atoms with E-state index in [4.69, 9.17) is 9.47 Å². The van der Waals surface area contributed by atoms with Crippen LogP contribution in [0.4, 0.5) is 0 Å². The molecule has 2 aromatic rings. The molecule has 0 fully saturated rings. The average molecular weight is 334 g/mol. The summed E-state index contributed by atoms with van der Waals surface area (Å²) in [6, 6.07) is 11.7. The SMILES string of the molecule is COc1ccc(C=NNS(=O)(=O)c2ccc(C)cc2)cc1OC. The number of rotatable bonds is 6. The van der Waals surface area contributed by atoms with Gasteiger partial charge in [-0.2, -0.15) is 13.5 Å². The maximum atomic E-state index is 12.1. The van der Waals surface area contributed by atoms with Gasteiger partial charge in [0.05, 0.1) is 25.3 Å². The quantitative estimate of drug-likeness (QED) is 0.650. The molecule has 0 saturated heterocycles. The van der Waals surface area contributed by atoms with Crippen molar-refractivity contribution in [3.63, 3.8) is 0 Å². The van der Waals surface area contributed by atoms with E-state index in [1.807, 2.05) is 6.92 Å². The molecule has 7 heteroatoms. The first-order valence-electron chi connectivity index (χ1n) is 6.80. The van der Waals surface area contributed by atoms with Crippen molar-refractivity contribution >= 4 is 16.2 Å². The molecule has 23 heavy (non-hydrogen) atoms. The summed E-state index contributed by atoms with van der Waals surface area (Å²) in [4.78, 5) is 2.34. The first-order chi connectivity index (χ1) is 11.0. The van der Waals surface area contributed by atoms with Crippen LogP contribution in [0.15, 0.2) is 52.5 Å². The number of benzene rings is 2. The molecule has 0 spiro atoms. The van der Waals surface area contributed by atoms with Crippen LogP contribution in [0.3, 0.4) is 0 Å². The van der Waals surface area contributed by atoms with E-state index in [1.54, 1.807) is 37.4 Å². The monoisotopic (exact) mass is 334 g/mol. The van der Waals surface area contributed by atoms with Gasteiger partial charge in [0, 0.05) is 0 Å². The van der Waals surface area contributed by atoms with Crippen LogP contribution in [-0.4, -0.2) is 28.9 Å². The minimum atomic E-state index is -3.68. The van der Waals surface area contributed by atoms with Crippen LogP contribution >= 0.6 is 0 Å². The van der Waals surface area contributed by atoms with Crippen LogP contribution in [0.5, 0.6) is 11.5 Å². The van der Waals surface area contributed by atoms with Gasteiger partial charge in [-0.15, -0.1) is 0 Å². The Balaban J connectivity index is 2.13. The van der Waals surface area contributed by atoms with Gasteiger partial charge in [0.15, 0.2) is 11.5 Å². The summed E-state index contributed by atoms with van der Waals surface area (Å²) in [6.07, 6.45) is 1.40. The minimum Gasteiger partial charge on any atom is -0.493 e. The fourth-order valence-electron chi connectivity index (χ4n) is 1.87. The van der Waals surface area contributed by atoms with Gasteiger partial charge in [0.1, 0.15) is 0 Å². The fraction of sp³-hybridized carbons (Fsp3) is 0.188. The molecule has 2 aromatic carbocycles. The Morgan fingerprint density at radius 2 is 1.65 bits per heavy atom. The maximum absolute atomic E-state index is 12.1. The molecule has 0 saturated carbocycles. The second kappa shape index (κ2) is 7.15. The van der Waals surface area contributed by atoms with E-state index in [1.165, 1.54) is 25.5 Å². The van der Waals surface area contributed by atoms with Gasteiger partial charge in [-0.1, -0.05) is 17.7 Å². The Labute approximate surface area is 135 Å². The largest absolute Gasteiger partial charge is 0.493 e. The van der Waals surface area contributed by atoms with Crippen molar-refractivity contribution in [2.75, 3.05) is 14.2 Å². The molecule has 0 amide bonds. The van der Waals surface area contributed by atoms with Crippen molar-refractivity contribution in [3.8, 4) is 11.5 Å². The van der Waals surface area contributed by atoms with Crippen LogP contribution in [0.25, 0.3) is 0 Å². The van der Waals surface area contributed by atoms with E-state index in [0.29, 0.717) is 17.1 Å². The number of hydrogen-bond donors (Lipinski definition) is 1. The van der Waals surface area contributed by atoms with Crippen molar-refractivity contribution in [1.82, 2.24) is 4.83 Å². The molecule has 0 aliphatic rings. The summed E-state index contributed by atoms with van der Waals surface area (Å²) in [7, 11) is -0.610. The predicted molar refractivity (Wildman–Crippen MR) is 88.6 cm³/mol. The number of ether oxygens (including phenoxy) is 2. The molecule has 0 atom stereocenters. The summed E-state index contributed by atoms with van der Waals surface area (Å²) in [5, 5.41) is 3.78. The van der Waals surface area contributed by atoms with Gasteiger partial charge in [-0.3, -0.25) is 0 Å². The number of sulfonamides is 1. The van der Waals surface area contributed by atoms with Gasteiger partial charge >= 0.3 is 0 Å². The molecule has 0 unspecified atom stereocenters. The van der Waals surface area contributed by atoms with Crippen molar-refractivity contribution in [3.05, 3.63) is 53.6 Å². The molecule has 0 bridgehead atoms. The van der Waals surface area contributed by atoms with Crippen LogP contribution in [0.2, 0.25) is 0 Å². The number of methoxy groups -OCH3 is 2. The first-order valence-corrected chi connectivity index (χ1v) is 8.28. The molecule has 2 rings (SSSR count). The number of hydrogen-bond acceptors (Lipinski definition) is 5. The summed E-state index contributed by atoms with van der Waals surface area (Å²) in [6.45, 7) is 1.89. The Kier molecular flexibility index (Phi) is 5.23. The van der Waals surface area contributed by atoms with E-state index >= 15 is 0 Å². The Morgan fingerprint density at radius 3 is 2.26 bits per heavy atom. The molecule has 0 heterocycles. The zero-order chi connectivity index (χ0) is 16.9. The standard InChI is InChI=1S/C16H18N2O4S/c1-12-4-7-14(8-5-12)23(19,20)18-17-11-13-6-9-15(21-2)16(10-13)22-3/h4-11,18H,1-3H3. The highest BCUT2D eigenvalue weighted by atomic mass is 32.2. The summed E-state index contributed by atoms with van der Waals surface area (Å²) in [5.74, 6) is 1.13. The normalized spacial score (nSPS) is 11.4. The zero-order valence-electron chi connectivity index (χ0n) is 13.1. The summed E-state index contributed by atoms with van der Waals surface area (Å²) < 4.78 is 34.5. The van der Waals surface area contributed by atoms with Crippen molar-refractivity contribution in [2.24, 2.45) is 5.10 Å². The topological polar surface area (TPSA) is 77.0 Å². The molecule has 122 valence electrons. The second-order valence-corrected chi connectivity index (χ2v) is 6.44. The van der Waals surface area contributed by atoms with Crippen LogP contribution in [0, 0.1) is 6.92 Å². The van der Waals surface area contributed by atoms with Crippen LogP contribution in [0.1, 0.15) is 11.1 Å². The number of nitrogens with zero attached hydrogens (tertiary/aromatic N) is 1. The van der Waals surface area contributed by atoms with E-state index < -0.39 is 10.0 Å².